The van der Waals surface area contributed by atoms with Crippen LogP contribution < -0.4 is 9.64 Å². The summed E-state index contributed by atoms with van der Waals surface area (Å²) in [6.45, 7) is 0. The molecule has 0 bridgehead atoms. The van der Waals surface area contributed by atoms with Crippen molar-refractivity contribution in [2.45, 2.75) is 0 Å². The molecular formula is C18H17FN2O2. The van der Waals surface area contributed by atoms with E-state index in [1.165, 1.54) is 24.1 Å². The largest absolute Gasteiger partial charge is 0.494 e. The van der Waals surface area contributed by atoms with Crippen LogP contribution in [0.4, 0.5) is 15.8 Å². The van der Waals surface area contributed by atoms with Gasteiger partial charge in [0.2, 0.25) is 0 Å². The second kappa shape index (κ2) is 5.76. The minimum atomic E-state index is -0.500. The SMILES string of the molecule is COc1ccc(N2C(=O)C(=CN(C)C)c3ccccc32)cc1F. The summed E-state index contributed by atoms with van der Waals surface area (Å²) in [6, 6.07) is 12.0. The van der Waals surface area contributed by atoms with Crippen molar-refractivity contribution in [3.05, 3.63) is 60.0 Å². The standard InChI is InChI=1S/C18H17FN2O2/c1-20(2)11-14-13-6-4-5-7-16(13)21(18(14)22)12-8-9-17(23-3)15(19)10-12/h4-11H,1-3H3. The predicted molar refractivity (Wildman–Crippen MR) is 88.2 cm³/mol. The molecule has 0 saturated carbocycles. The van der Waals surface area contributed by atoms with Gasteiger partial charge in [-0.3, -0.25) is 9.69 Å². The number of amides is 1. The lowest BCUT2D eigenvalue weighted by Crippen LogP contribution is -2.21. The highest BCUT2D eigenvalue weighted by Crippen LogP contribution is 2.42. The number of rotatable bonds is 3. The number of hydrogen-bond acceptors (Lipinski definition) is 3. The minimum absolute atomic E-state index is 0.151. The van der Waals surface area contributed by atoms with E-state index in [1.54, 1.807) is 12.3 Å². The minimum Gasteiger partial charge on any atom is -0.494 e. The Bertz CT molecular complexity index is 799. The van der Waals surface area contributed by atoms with Gasteiger partial charge in [-0.25, -0.2) is 4.39 Å². The van der Waals surface area contributed by atoms with Crippen molar-refractivity contribution in [3.63, 3.8) is 0 Å². The molecule has 1 amide bonds. The number of ether oxygens (including phenoxy) is 1. The number of carbonyl (C=O) groups excluding carboxylic acids is 1. The fourth-order valence-electron chi connectivity index (χ4n) is 2.68. The summed E-state index contributed by atoms with van der Waals surface area (Å²) in [4.78, 5) is 16.2. The molecule has 0 aliphatic carbocycles. The van der Waals surface area contributed by atoms with Crippen LogP contribution in [-0.4, -0.2) is 32.0 Å². The van der Waals surface area contributed by atoms with Crippen LogP contribution in [0.5, 0.6) is 5.75 Å². The summed E-state index contributed by atoms with van der Waals surface area (Å²) < 4.78 is 19.0. The van der Waals surface area contributed by atoms with E-state index in [9.17, 15) is 9.18 Å². The zero-order chi connectivity index (χ0) is 16.6. The second-order valence-electron chi connectivity index (χ2n) is 5.48. The van der Waals surface area contributed by atoms with Gasteiger partial charge in [-0.05, 0) is 18.2 Å². The number of benzene rings is 2. The Balaban J connectivity index is 2.14. The first-order valence-electron chi connectivity index (χ1n) is 7.18. The number of hydrogen-bond donors (Lipinski definition) is 0. The molecular weight excluding hydrogens is 295 g/mol. The van der Waals surface area contributed by atoms with Gasteiger partial charge in [-0.2, -0.15) is 0 Å². The highest BCUT2D eigenvalue weighted by Gasteiger charge is 2.33. The fourth-order valence-corrected chi connectivity index (χ4v) is 2.68. The van der Waals surface area contributed by atoms with E-state index in [2.05, 4.69) is 0 Å². The quantitative estimate of drug-likeness (QED) is 0.814. The van der Waals surface area contributed by atoms with Gasteiger partial charge in [0.25, 0.3) is 5.91 Å². The monoisotopic (exact) mass is 312 g/mol. The molecule has 0 unspecified atom stereocenters. The van der Waals surface area contributed by atoms with Crippen LogP contribution in [0.2, 0.25) is 0 Å². The molecule has 1 heterocycles. The fraction of sp³-hybridized carbons (Fsp3) is 0.167. The molecule has 0 fully saturated rings. The number of anilines is 2. The molecule has 3 rings (SSSR count). The third kappa shape index (κ3) is 2.54. The van der Waals surface area contributed by atoms with Crippen molar-refractivity contribution < 1.29 is 13.9 Å². The zero-order valence-electron chi connectivity index (χ0n) is 13.2. The number of nitrogens with zero attached hydrogens (tertiary/aromatic N) is 2. The molecule has 2 aromatic carbocycles. The van der Waals surface area contributed by atoms with E-state index in [1.807, 2.05) is 43.3 Å². The summed E-state index contributed by atoms with van der Waals surface area (Å²) in [5.41, 5.74) is 2.64. The number of halogens is 1. The average Bonchev–Trinajstić information content (AvgIpc) is 2.79. The van der Waals surface area contributed by atoms with Crippen LogP contribution in [0.1, 0.15) is 5.56 Å². The number of fused-ring (bicyclic) bond motifs is 1. The van der Waals surface area contributed by atoms with Crippen LogP contribution in [0.15, 0.2) is 48.7 Å². The van der Waals surface area contributed by atoms with Gasteiger partial charge in [0.1, 0.15) is 0 Å². The molecule has 1 aliphatic rings. The smallest absolute Gasteiger partial charge is 0.265 e. The molecule has 0 N–H and O–H groups in total. The van der Waals surface area contributed by atoms with E-state index >= 15 is 0 Å². The number of methoxy groups -OCH3 is 1. The first-order valence-corrected chi connectivity index (χ1v) is 7.18. The lowest BCUT2D eigenvalue weighted by molar-refractivity contribution is -0.112. The Morgan fingerprint density at radius 2 is 1.91 bits per heavy atom. The van der Waals surface area contributed by atoms with Crippen LogP contribution >= 0.6 is 0 Å². The Labute approximate surface area is 134 Å². The first kappa shape index (κ1) is 15.1. The summed E-state index contributed by atoms with van der Waals surface area (Å²) in [5.74, 6) is -0.525. The van der Waals surface area contributed by atoms with Crippen molar-refractivity contribution in [1.82, 2.24) is 4.90 Å². The lowest BCUT2D eigenvalue weighted by Gasteiger charge is -2.18. The van der Waals surface area contributed by atoms with Gasteiger partial charge >= 0.3 is 0 Å². The van der Waals surface area contributed by atoms with Gasteiger partial charge in [0.15, 0.2) is 11.6 Å². The maximum absolute atomic E-state index is 14.0. The summed E-state index contributed by atoms with van der Waals surface area (Å²) >= 11 is 0. The third-order valence-corrected chi connectivity index (χ3v) is 3.65. The Morgan fingerprint density at radius 1 is 1.17 bits per heavy atom. The Hall–Kier alpha value is -2.82. The van der Waals surface area contributed by atoms with Crippen molar-refractivity contribution in [3.8, 4) is 5.75 Å². The topological polar surface area (TPSA) is 32.8 Å². The highest BCUT2D eigenvalue weighted by molar-refractivity contribution is 6.34. The maximum Gasteiger partial charge on any atom is 0.265 e. The maximum atomic E-state index is 14.0. The van der Waals surface area contributed by atoms with Gasteiger partial charge in [-0.15, -0.1) is 0 Å². The number of carbonyl (C=O) groups is 1. The van der Waals surface area contributed by atoms with Gasteiger partial charge in [-0.1, -0.05) is 18.2 Å². The highest BCUT2D eigenvalue weighted by atomic mass is 19.1. The van der Waals surface area contributed by atoms with Crippen molar-refractivity contribution in [2.24, 2.45) is 0 Å². The summed E-state index contributed by atoms with van der Waals surface area (Å²) in [6.07, 6.45) is 1.78. The molecule has 0 atom stereocenters. The number of para-hydroxylation sites is 1. The van der Waals surface area contributed by atoms with Gasteiger partial charge in [0.05, 0.1) is 24.1 Å². The van der Waals surface area contributed by atoms with E-state index < -0.39 is 5.82 Å². The van der Waals surface area contributed by atoms with Crippen LogP contribution in [0, 0.1) is 5.82 Å². The molecule has 0 radical (unpaired) electrons. The van der Waals surface area contributed by atoms with Crippen molar-refractivity contribution in [1.29, 1.82) is 0 Å². The molecule has 2 aromatic rings. The van der Waals surface area contributed by atoms with Gasteiger partial charge in [0, 0.05) is 31.9 Å². The van der Waals surface area contributed by atoms with E-state index in [4.69, 9.17) is 4.74 Å². The van der Waals surface area contributed by atoms with E-state index in [-0.39, 0.29) is 11.7 Å². The van der Waals surface area contributed by atoms with Crippen molar-refractivity contribution in [2.75, 3.05) is 26.1 Å². The molecule has 23 heavy (non-hydrogen) atoms. The van der Waals surface area contributed by atoms with E-state index in [0.29, 0.717) is 11.3 Å². The third-order valence-electron chi connectivity index (χ3n) is 3.65. The summed E-state index contributed by atoms with van der Waals surface area (Å²) in [7, 11) is 5.13. The Kier molecular flexibility index (Phi) is 3.78. The molecule has 118 valence electrons. The zero-order valence-corrected chi connectivity index (χ0v) is 13.2. The molecule has 5 heteroatoms. The van der Waals surface area contributed by atoms with Gasteiger partial charge < -0.3 is 9.64 Å². The average molecular weight is 312 g/mol. The second-order valence-corrected chi connectivity index (χ2v) is 5.48. The molecule has 0 spiro atoms. The molecule has 0 aromatic heterocycles. The Morgan fingerprint density at radius 3 is 2.57 bits per heavy atom. The van der Waals surface area contributed by atoms with Crippen molar-refractivity contribution >= 4 is 22.9 Å². The molecule has 0 saturated heterocycles. The van der Waals surface area contributed by atoms with Crippen LogP contribution in [0.25, 0.3) is 5.57 Å². The normalized spacial score (nSPS) is 15.0. The summed E-state index contributed by atoms with van der Waals surface area (Å²) in [5, 5.41) is 0. The predicted octanol–water partition coefficient (Wildman–Crippen LogP) is 3.42. The first-order chi connectivity index (χ1) is 11.0. The molecule has 1 aliphatic heterocycles. The lowest BCUT2D eigenvalue weighted by atomic mass is 10.1. The van der Waals surface area contributed by atoms with Crippen LogP contribution in [0.3, 0.4) is 0 Å². The van der Waals surface area contributed by atoms with Crippen LogP contribution in [-0.2, 0) is 4.79 Å². The molecule has 4 nitrogen and oxygen atoms in total. The van der Waals surface area contributed by atoms with E-state index in [0.717, 1.165) is 11.3 Å².